The van der Waals surface area contributed by atoms with Crippen molar-refractivity contribution in [3.63, 3.8) is 0 Å². The van der Waals surface area contributed by atoms with Crippen LogP contribution in [0.5, 0.6) is 0 Å². The fourth-order valence-electron chi connectivity index (χ4n) is 2.48. The maximum absolute atomic E-state index is 12.2. The molecule has 1 atom stereocenters. The van der Waals surface area contributed by atoms with Gasteiger partial charge in [0.2, 0.25) is 0 Å². The largest absolute Gasteiger partial charge is 0.349 e. The molecule has 0 spiro atoms. The zero-order valence-electron chi connectivity index (χ0n) is 13.2. The van der Waals surface area contributed by atoms with Gasteiger partial charge in [-0.2, -0.15) is 0 Å². The lowest BCUT2D eigenvalue weighted by atomic mass is 10.1. The summed E-state index contributed by atoms with van der Waals surface area (Å²) in [4.78, 5) is 38.3. The van der Waals surface area contributed by atoms with E-state index in [1.807, 2.05) is 20.9 Å². The number of nitrogens with one attached hydrogen (secondary N) is 2. The van der Waals surface area contributed by atoms with Crippen molar-refractivity contribution in [2.24, 2.45) is 0 Å². The SMILES string of the molecule is CC(C)NC(=O)C[NH+](C)CCN1C(=O)c2ccccc2C1=O. The molecular weight excluding hydrogens is 282 g/mol. The molecule has 1 aliphatic rings. The highest BCUT2D eigenvalue weighted by atomic mass is 16.2. The van der Waals surface area contributed by atoms with Gasteiger partial charge in [0, 0.05) is 6.04 Å². The number of fused-ring (bicyclic) bond motifs is 1. The Labute approximate surface area is 130 Å². The molecule has 0 radical (unpaired) electrons. The molecule has 0 saturated heterocycles. The number of carbonyl (C=O) groups is 3. The van der Waals surface area contributed by atoms with Crippen LogP contribution in [0.25, 0.3) is 0 Å². The molecule has 22 heavy (non-hydrogen) atoms. The van der Waals surface area contributed by atoms with E-state index in [0.717, 1.165) is 4.90 Å². The lowest BCUT2D eigenvalue weighted by Gasteiger charge is -2.18. The van der Waals surface area contributed by atoms with Gasteiger partial charge in [-0.25, -0.2) is 0 Å². The number of likely N-dealkylation sites (N-methyl/N-ethyl adjacent to an activating group) is 1. The third-order valence-electron chi connectivity index (χ3n) is 3.55. The molecule has 0 saturated carbocycles. The molecule has 2 rings (SSSR count). The lowest BCUT2D eigenvalue weighted by molar-refractivity contribution is -0.870. The average Bonchev–Trinajstić information content (AvgIpc) is 2.68. The summed E-state index contributed by atoms with van der Waals surface area (Å²) >= 11 is 0. The fraction of sp³-hybridized carbons (Fsp3) is 0.438. The van der Waals surface area contributed by atoms with Crippen LogP contribution < -0.4 is 10.2 Å². The van der Waals surface area contributed by atoms with Crippen LogP contribution in [0.4, 0.5) is 0 Å². The highest BCUT2D eigenvalue weighted by Crippen LogP contribution is 2.21. The van der Waals surface area contributed by atoms with E-state index in [2.05, 4.69) is 5.32 Å². The Hall–Kier alpha value is -2.21. The predicted molar refractivity (Wildman–Crippen MR) is 81.7 cm³/mol. The van der Waals surface area contributed by atoms with Gasteiger partial charge < -0.3 is 10.2 Å². The molecule has 0 bridgehead atoms. The van der Waals surface area contributed by atoms with Gasteiger partial charge in [-0.3, -0.25) is 19.3 Å². The number of hydrogen-bond donors (Lipinski definition) is 2. The maximum atomic E-state index is 12.2. The van der Waals surface area contributed by atoms with E-state index < -0.39 is 0 Å². The molecule has 0 fully saturated rings. The van der Waals surface area contributed by atoms with Crippen LogP contribution in [0.15, 0.2) is 24.3 Å². The standard InChI is InChI=1S/C16H21N3O3/c1-11(2)17-14(20)10-18(3)8-9-19-15(21)12-6-4-5-7-13(12)16(19)22/h4-7,11H,8-10H2,1-3H3,(H,17,20)/p+1. The molecule has 6 nitrogen and oxygen atoms in total. The number of quaternary nitrogens is 1. The van der Waals surface area contributed by atoms with Crippen LogP contribution >= 0.6 is 0 Å². The molecule has 118 valence electrons. The summed E-state index contributed by atoms with van der Waals surface area (Å²) < 4.78 is 0. The Bertz CT molecular complexity index is 563. The third-order valence-corrected chi connectivity index (χ3v) is 3.55. The summed E-state index contributed by atoms with van der Waals surface area (Å²) in [6.07, 6.45) is 0. The van der Waals surface area contributed by atoms with Crippen molar-refractivity contribution in [1.82, 2.24) is 10.2 Å². The van der Waals surface area contributed by atoms with Gasteiger partial charge in [0.05, 0.1) is 31.3 Å². The first-order chi connectivity index (χ1) is 10.4. The van der Waals surface area contributed by atoms with E-state index in [4.69, 9.17) is 0 Å². The molecule has 1 aromatic carbocycles. The molecule has 2 N–H and O–H groups in total. The second-order valence-electron chi connectivity index (χ2n) is 5.91. The number of hydrogen-bond acceptors (Lipinski definition) is 3. The molecule has 1 unspecified atom stereocenters. The lowest BCUT2D eigenvalue weighted by Crippen LogP contribution is -3.11. The quantitative estimate of drug-likeness (QED) is 0.684. The Kier molecular flexibility index (Phi) is 4.92. The molecule has 0 aromatic heterocycles. The highest BCUT2D eigenvalue weighted by Gasteiger charge is 2.35. The van der Waals surface area contributed by atoms with Crippen molar-refractivity contribution in [3.05, 3.63) is 35.4 Å². The van der Waals surface area contributed by atoms with E-state index in [-0.39, 0.29) is 23.8 Å². The summed E-state index contributed by atoms with van der Waals surface area (Å²) in [5, 5.41) is 2.83. The predicted octanol–water partition coefficient (Wildman–Crippen LogP) is -0.678. The van der Waals surface area contributed by atoms with E-state index in [1.54, 1.807) is 24.3 Å². The van der Waals surface area contributed by atoms with E-state index >= 15 is 0 Å². The van der Waals surface area contributed by atoms with Gasteiger partial charge in [0.15, 0.2) is 6.54 Å². The van der Waals surface area contributed by atoms with Gasteiger partial charge in [-0.1, -0.05) is 12.1 Å². The summed E-state index contributed by atoms with van der Waals surface area (Å²) in [6, 6.07) is 6.95. The molecule has 1 heterocycles. The summed E-state index contributed by atoms with van der Waals surface area (Å²) in [5.41, 5.74) is 0.922. The van der Waals surface area contributed by atoms with Crippen LogP contribution in [0.3, 0.4) is 0 Å². The van der Waals surface area contributed by atoms with E-state index in [1.165, 1.54) is 4.90 Å². The Morgan fingerprint density at radius 1 is 1.18 bits per heavy atom. The smallest absolute Gasteiger partial charge is 0.275 e. The minimum atomic E-state index is -0.250. The summed E-state index contributed by atoms with van der Waals surface area (Å²) in [7, 11) is 1.87. The minimum Gasteiger partial charge on any atom is -0.349 e. The van der Waals surface area contributed by atoms with Crippen molar-refractivity contribution in [1.29, 1.82) is 0 Å². The Balaban J connectivity index is 1.89. The maximum Gasteiger partial charge on any atom is 0.275 e. The molecule has 1 aromatic rings. The van der Waals surface area contributed by atoms with E-state index in [9.17, 15) is 14.4 Å². The van der Waals surface area contributed by atoms with Gasteiger partial charge in [-0.15, -0.1) is 0 Å². The normalized spacial score (nSPS) is 15.2. The number of amides is 3. The van der Waals surface area contributed by atoms with Crippen molar-refractivity contribution in [3.8, 4) is 0 Å². The zero-order chi connectivity index (χ0) is 16.3. The number of rotatable bonds is 6. The van der Waals surface area contributed by atoms with Crippen LogP contribution in [0, 0.1) is 0 Å². The Morgan fingerprint density at radius 3 is 2.23 bits per heavy atom. The molecule has 6 heteroatoms. The van der Waals surface area contributed by atoms with E-state index in [0.29, 0.717) is 30.8 Å². The molecule has 0 aliphatic carbocycles. The van der Waals surface area contributed by atoms with Gasteiger partial charge in [-0.05, 0) is 26.0 Å². The number of imide groups is 1. The monoisotopic (exact) mass is 304 g/mol. The summed E-state index contributed by atoms with van der Waals surface area (Å²) in [6.45, 7) is 4.99. The molecule has 3 amide bonds. The second-order valence-corrected chi connectivity index (χ2v) is 5.91. The average molecular weight is 304 g/mol. The Morgan fingerprint density at radius 2 is 1.73 bits per heavy atom. The number of carbonyl (C=O) groups excluding carboxylic acids is 3. The first kappa shape index (κ1) is 16.2. The number of benzene rings is 1. The number of nitrogens with zero attached hydrogens (tertiary/aromatic N) is 1. The van der Waals surface area contributed by atoms with Gasteiger partial charge in [0.25, 0.3) is 17.7 Å². The zero-order valence-corrected chi connectivity index (χ0v) is 13.2. The van der Waals surface area contributed by atoms with Gasteiger partial charge in [0.1, 0.15) is 0 Å². The van der Waals surface area contributed by atoms with Crippen molar-refractivity contribution in [2.45, 2.75) is 19.9 Å². The van der Waals surface area contributed by atoms with Crippen LogP contribution in [0.2, 0.25) is 0 Å². The van der Waals surface area contributed by atoms with Crippen LogP contribution in [-0.4, -0.2) is 55.3 Å². The fourth-order valence-corrected chi connectivity index (χ4v) is 2.48. The second kappa shape index (κ2) is 6.70. The van der Waals surface area contributed by atoms with Crippen molar-refractivity contribution < 1.29 is 19.3 Å². The van der Waals surface area contributed by atoms with Crippen LogP contribution in [0.1, 0.15) is 34.6 Å². The van der Waals surface area contributed by atoms with Crippen molar-refractivity contribution >= 4 is 17.7 Å². The first-order valence-corrected chi connectivity index (χ1v) is 7.46. The van der Waals surface area contributed by atoms with Crippen molar-refractivity contribution in [2.75, 3.05) is 26.7 Å². The topological polar surface area (TPSA) is 70.9 Å². The minimum absolute atomic E-state index is 0.0325. The molecule has 1 aliphatic heterocycles. The summed E-state index contributed by atoms with van der Waals surface area (Å²) in [5.74, 6) is -0.532. The third kappa shape index (κ3) is 3.51. The molecular formula is C16H22N3O3+. The van der Waals surface area contributed by atoms with Gasteiger partial charge >= 0.3 is 0 Å². The first-order valence-electron chi connectivity index (χ1n) is 7.46. The highest BCUT2D eigenvalue weighted by molar-refractivity contribution is 6.21. The van der Waals surface area contributed by atoms with Crippen LogP contribution in [-0.2, 0) is 4.79 Å².